The lowest BCUT2D eigenvalue weighted by atomic mass is 10.0. The van der Waals surface area contributed by atoms with Gasteiger partial charge in [-0.1, -0.05) is 19.1 Å². The maximum absolute atomic E-state index is 5.88. The molecular weight excluding hydrogens is 206 g/mol. The van der Waals surface area contributed by atoms with E-state index in [0.717, 1.165) is 23.5 Å². The minimum absolute atomic E-state index is 0.0695. The summed E-state index contributed by atoms with van der Waals surface area (Å²) in [5.74, 6) is 1.60. The number of hydrogen-bond acceptors (Lipinski definition) is 4. The Bertz CT molecular complexity index is 367. The summed E-state index contributed by atoms with van der Waals surface area (Å²) in [6, 6.07) is 5.97. The Kier molecular flexibility index (Phi) is 3.31. The Morgan fingerprint density at radius 1 is 1.38 bits per heavy atom. The van der Waals surface area contributed by atoms with Crippen LogP contribution in [0.25, 0.3) is 0 Å². The number of ether oxygens (including phenoxy) is 2. The minimum Gasteiger partial charge on any atom is -0.493 e. The van der Waals surface area contributed by atoms with Crippen molar-refractivity contribution in [2.75, 3.05) is 14.2 Å². The van der Waals surface area contributed by atoms with E-state index in [4.69, 9.17) is 14.3 Å². The highest BCUT2D eigenvalue weighted by atomic mass is 16.6. The summed E-state index contributed by atoms with van der Waals surface area (Å²) in [6.07, 6.45) is 1.00. The molecule has 1 heterocycles. The van der Waals surface area contributed by atoms with E-state index < -0.39 is 0 Å². The highest BCUT2D eigenvalue weighted by Gasteiger charge is 2.35. The van der Waals surface area contributed by atoms with Crippen molar-refractivity contribution in [3.8, 4) is 11.5 Å². The zero-order valence-electron chi connectivity index (χ0n) is 9.82. The summed E-state index contributed by atoms with van der Waals surface area (Å²) < 4.78 is 11.2. The van der Waals surface area contributed by atoms with E-state index in [1.807, 2.05) is 18.2 Å². The fraction of sp³-hybridized carbons (Fsp3) is 0.500. The van der Waals surface area contributed by atoms with Crippen LogP contribution in [-0.2, 0) is 4.84 Å². The molecule has 0 saturated carbocycles. The van der Waals surface area contributed by atoms with E-state index in [2.05, 4.69) is 12.4 Å². The highest BCUT2D eigenvalue weighted by Crippen LogP contribution is 2.43. The lowest BCUT2D eigenvalue weighted by molar-refractivity contribution is 0.0281. The van der Waals surface area contributed by atoms with Crippen molar-refractivity contribution in [1.82, 2.24) is 5.48 Å². The molecule has 1 aromatic rings. The van der Waals surface area contributed by atoms with Crippen molar-refractivity contribution in [1.29, 1.82) is 0 Å². The Morgan fingerprint density at radius 3 is 2.81 bits per heavy atom. The van der Waals surface area contributed by atoms with Crippen LogP contribution in [0.15, 0.2) is 18.2 Å². The van der Waals surface area contributed by atoms with Crippen LogP contribution in [0.2, 0.25) is 0 Å². The number of fused-ring (bicyclic) bond motifs is 1. The molecule has 0 fully saturated rings. The van der Waals surface area contributed by atoms with Crippen LogP contribution in [0.3, 0.4) is 0 Å². The number of hydroxylamine groups is 1. The van der Waals surface area contributed by atoms with Crippen LogP contribution in [0, 0.1) is 0 Å². The summed E-state index contributed by atoms with van der Waals surface area (Å²) in [6.45, 7) is 2.09. The predicted octanol–water partition coefficient (Wildman–Crippen LogP) is 2.06. The molecule has 0 radical (unpaired) electrons. The number of nitrogens with one attached hydrogen (secondary N) is 1. The topological polar surface area (TPSA) is 39.7 Å². The first-order valence-corrected chi connectivity index (χ1v) is 5.43. The first-order valence-electron chi connectivity index (χ1n) is 5.43. The van der Waals surface area contributed by atoms with Gasteiger partial charge < -0.3 is 14.3 Å². The van der Waals surface area contributed by atoms with Gasteiger partial charge in [0.1, 0.15) is 6.10 Å². The van der Waals surface area contributed by atoms with Gasteiger partial charge in [0.2, 0.25) is 0 Å². The lowest BCUT2D eigenvalue weighted by Gasteiger charge is -2.17. The SMILES string of the molecule is CCC1Oc2c(OC)cccc2C1NOC. The van der Waals surface area contributed by atoms with Crippen molar-refractivity contribution < 1.29 is 14.3 Å². The molecule has 88 valence electrons. The predicted molar refractivity (Wildman–Crippen MR) is 60.6 cm³/mol. The van der Waals surface area contributed by atoms with Crippen LogP contribution in [0.5, 0.6) is 11.5 Å². The molecule has 0 amide bonds. The Morgan fingerprint density at radius 2 is 2.19 bits per heavy atom. The average Bonchev–Trinajstić information content (AvgIpc) is 2.68. The molecule has 4 nitrogen and oxygen atoms in total. The third kappa shape index (κ3) is 1.74. The van der Waals surface area contributed by atoms with Crippen molar-refractivity contribution in [3.63, 3.8) is 0 Å². The fourth-order valence-corrected chi connectivity index (χ4v) is 2.07. The van der Waals surface area contributed by atoms with Gasteiger partial charge in [0.05, 0.1) is 20.3 Å². The third-order valence-corrected chi connectivity index (χ3v) is 2.85. The molecule has 0 bridgehead atoms. The second kappa shape index (κ2) is 4.72. The molecule has 2 atom stereocenters. The van der Waals surface area contributed by atoms with E-state index in [0.29, 0.717) is 0 Å². The molecule has 2 rings (SSSR count). The number of hydrogen-bond donors (Lipinski definition) is 1. The fourth-order valence-electron chi connectivity index (χ4n) is 2.07. The van der Waals surface area contributed by atoms with Crippen molar-refractivity contribution >= 4 is 0 Å². The molecule has 0 saturated heterocycles. The van der Waals surface area contributed by atoms with Gasteiger partial charge in [-0.05, 0) is 12.5 Å². The van der Waals surface area contributed by atoms with Gasteiger partial charge in [0.15, 0.2) is 11.5 Å². The van der Waals surface area contributed by atoms with E-state index in [9.17, 15) is 0 Å². The molecule has 1 aliphatic rings. The normalized spacial score (nSPS) is 22.7. The second-order valence-corrected chi connectivity index (χ2v) is 3.74. The van der Waals surface area contributed by atoms with Gasteiger partial charge >= 0.3 is 0 Å². The number of para-hydroxylation sites is 1. The average molecular weight is 223 g/mol. The standard InChI is InChI=1S/C12H17NO3/c1-4-9-11(13-15-3)8-6-5-7-10(14-2)12(8)16-9/h5-7,9,11,13H,4H2,1-3H3. The highest BCUT2D eigenvalue weighted by molar-refractivity contribution is 5.51. The summed E-state index contributed by atoms with van der Waals surface area (Å²) in [5.41, 5.74) is 4.06. The third-order valence-electron chi connectivity index (χ3n) is 2.85. The molecule has 1 aromatic carbocycles. The Balaban J connectivity index is 2.36. The summed E-state index contributed by atoms with van der Waals surface area (Å²) in [7, 11) is 3.27. The van der Waals surface area contributed by atoms with Crippen LogP contribution in [0.4, 0.5) is 0 Å². The van der Waals surface area contributed by atoms with E-state index in [-0.39, 0.29) is 12.1 Å². The molecule has 2 unspecified atom stereocenters. The largest absolute Gasteiger partial charge is 0.493 e. The maximum Gasteiger partial charge on any atom is 0.166 e. The van der Waals surface area contributed by atoms with E-state index in [1.54, 1.807) is 14.2 Å². The van der Waals surface area contributed by atoms with Gasteiger partial charge in [-0.15, -0.1) is 0 Å². The molecule has 4 heteroatoms. The first-order chi connectivity index (χ1) is 7.81. The van der Waals surface area contributed by atoms with Crippen LogP contribution in [0.1, 0.15) is 24.9 Å². The molecule has 1 aliphatic heterocycles. The molecule has 0 aliphatic carbocycles. The van der Waals surface area contributed by atoms with Gasteiger partial charge in [0, 0.05) is 5.56 Å². The number of methoxy groups -OCH3 is 1. The maximum atomic E-state index is 5.88. The molecule has 0 spiro atoms. The van der Waals surface area contributed by atoms with Crippen LogP contribution in [-0.4, -0.2) is 20.3 Å². The molecule has 1 N–H and O–H groups in total. The van der Waals surface area contributed by atoms with Gasteiger partial charge in [0.25, 0.3) is 0 Å². The summed E-state index contributed by atoms with van der Waals surface area (Å²) >= 11 is 0. The lowest BCUT2D eigenvalue weighted by Crippen LogP contribution is -2.29. The first kappa shape index (κ1) is 11.2. The quantitative estimate of drug-likeness (QED) is 0.793. The van der Waals surface area contributed by atoms with Gasteiger partial charge in [-0.25, -0.2) is 0 Å². The second-order valence-electron chi connectivity index (χ2n) is 3.74. The summed E-state index contributed by atoms with van der Waals surface area (Å²) in [5, 5.41) is 0. The minimum atomic E-state index is 0.0695. The summed E-state index contributed by atoms with van der Waals surface area (Å²) in [4.78, 5) is 5.02. The van der Waals surface area contributed by atoms with E-state index >= 15 is 0 Å². The zero-order chi connectivity index (χ0) is 11.5. The molecule has 16 heavy (non-hydrogen) atoms. The van der Waals surface area contributed by atoms with E-state index in [1.165, 1.54) is 0 Å². The van der Waals surface area contributed by atoms with Gasteiger partial charge in [-0.3, -0.25) is 0 Å². The zero-order valence-corrected chi connectivity index (χ0v) is 9.82. The van der Waals surface area contributed by atoms with Crippen LogP contribution < -0.4 is 15.0 Å². The monoisotopic (exact) mass is 223 g/mol. The van der Waals surface area contributed by atoms with Crippen molar-refractivity contribution in [2.45, 2.75) is 25.5 Å². The Hall–Kier alpha value is -1.26. The molecule has 0 aromatic heterocycles. The number of benzene rings is 1. The Labute approximate surface area is 95.5 Å². The van der Waals surface area contributed by atoms with Gasteiger partial charge in [-0.2, -0.15) is 5.48 Å². The van der Waals surface area contributed by atoms with Crippen molar-refractivity contribution in [3.05, 3.63) is 23.8 Å². The molecular formula is C12H17NO3. The smallest absolute Gasteiger partial charge is 0.166 e. The van der Waals surface area contributed by atoms with Crippen molar-refractivity contribution in [2.24, 2.45) is 0 Å². The number of rotatable bonds is 4. The van der Waals surface area contributed by atoms with Crippen LogP contribution >= 0.6 is 0 Å².